The molecule has 0 spiro atoms. The molecule has 1 aliphatic carbocycles. The maximum Gasteiger partial charge on any atom is 0.329 e. The van der Waals surface area contributed by atoms with E-state index in [1.54, 1.807) is 24.3 Å². The van der Waals surface area contributed by atoms with Gasteiger partial charge in [-0.05, 0) is 41.7 Å². The van der Waals surface area contributed by atoms with E-state index in [0.29, 0.717) is 30.5 Å². The lowest BCUT2D eigenvalue weighted by molar-refractivity contribution is -0.131. The Morgan fingerprint density at radius 1 is 1.09 bits per heavy atom. The van der Waals surface area contributed by atoms with Crippen molar-refractivity contribution in [3.63, 3.8) is 0 Å². The van der Waals surface area contributed by atoms with Gasteiger partial charge in [-0.15, -0.1) is 0 Å². The fraction of sp³-hybridized carbons (Fsp3) is 0.625. The number of hydrogen-bond donors (Lipinski definition) is 5. The summed E-state index contributed by atoms with van der Waals surface area (Å²) in [5, 5.41) is 5.99. The minimum atomic E-state index is -4.15. The van der Waals surface area contributed by atoms with Gasteiger partial charge >= 0.3 is 7.60 Å². The highest BCUT2D eigenvalue weighted by Crippen LogP contribution is 2.58. The fourth-order valence-corrected chi connectivity index (χ4v) is 5.15. The van der Waals surface area contributed by atoms with E-state index in [0.717, 1.165) is 0 Å². The summed E-state index contributed by atoms with van der Waals surface area (Å²) < 4.78 is 11.2. The zero-order valence-corrected chi connectivity index (χ0v) is 21.3. The van der Waals surface area contributed by atoms with E-state index in [1.807, 2.05) is 27.7 Å². The first kappa shape index (κ1) is 28.0. The maximum absolute atomic E-state index is 13.0. The van der Waals surface area contributed by atoms with Crippen molar-refractivity contribution in [2.45, 2.75) is 65.6 Å². The van der Waals surface area contributed by atoms with E-state index in [-0.39, 0.29) is 54.6 Å². The Bertz CT molecular complexity index is 927. The number of primary amides is 1. The lowest BCUT2D eigenvalue weighted by Gasteiger charge is -2.25. The summed E-state index contributed by atoms with van der Waals surface area (Å²) in [6, 6.07) is 6.28. The van der Waals surface area contributed by atoms with E-state index in [1.165, 1.54) is 0 Å². The summed E-state index contributed by atoms with van der Waals surface area (Å²) in [7, 11) is -4.15. The monoisotopic (exact) mass is 495 g/mol. The van der Waals surface area contributed by atoms with Crippen molar-refractivity contribution in [3.05, 3.63) is 35.4 Å². The van der Waals surface area contributed by atoms with Gasteiger partial charge < -0.3 is 26.2 Å². The molecule has 1 aliphatic rings. The number of amides is 3. The van der Waals surface area contributed by atoms with Crippen LogP contribution in [-0.2, 0) is 31.5 Å². The molecule has 0 aliphatic heterocycles. The molecular weight excluding hydrogens is 457 g/mol. The molecule has 2 rings (SSSR count). The molecule has 1 fully saturated rings. The van der Waals surface area contributed by atoms with Crippen LogP contribution in [-0.4, -0.2) is 40.1 Å². The Balaban J connectivity index is 2.09. The van der Waals surface area contributed by atoms with Gasteiger partial charge in [0.15, 0.2) is 0 Å². The molecule has 1 aromatic rings. The third-order valence-electron chi connectivity index (χ3n) is 6.08. The van der Waals surface area contributed by atoms with Gasteiger partial charge in [-0.25, -0.2) is 0 Å². The second-order valence-electron chi connectivity index (χ2n) is 10.3. The van der Waals surface area contributed by atoms with Crippen LogP contribution < -0.4 is 16.4 Å². The Morgan fingerprint density at radius 2 is 1.68 bits per heavy atom. The second kappa shape index (κ2) is 11.5. The normalized spacial score (nSPS) is 20.8. The summed E-state index contributed by atoms with van der Waals surface area (Å²) >= 11 is 0. The average molecular weight is 496 g/mol. The molecule has 190 valence electrons. The average Bonchev–Trinajstić information content (AvgIpc) is 3.40. The number of nitrogens with one attached hydrogen (secondary N) is 2. The summed E-state index contributed by atoms with van der Waals surface area (Å²) in [4.78, 5) is 55.8. The number of benzene rings is 1. The van der Waals surface area contributed by atoms with Gasteiger partial charge in [0, 0.05) is 19.0 Å². The lowest BCUT2D eigenvalue weighted by Crippen LogP contribution is -2.44. The van der Waals surface area contributed by atoms with Crippen LogP contribution >= 0.6 is 7.60 Å². The van der Waals surface area contributed by atoms with Crippen LogP contribution in [0.2, 0.25) is 0 Å². The summed E-state index contributed by atoms with van der Waals surface area (Å²) in [6.07, 6.45) is 0.857. The van der Waals surface area contributed by atoms with E-state index in [4.69, 9.17) is 15.5 Å². The molecule has 3 atom stereocenters. The number of hydrogen-bond acceptors (Lipinski definition) is 4. The van der Waals surface area contributed by atoms with Gasteiger partial charge in [0.05, 0.1) is 18.0 Å². The summed E-state index contributed by atoms with van der Waals surface area (Å²) in [5.41, 5.74) is 5.79. The molecule has 0 radical (unpaired) electrons. The molecule has 1 aromatic carbocycles. The number of carbonyl (C=O) groups is 3. The molecule has 0 heterocycles. The zero-order chi connectivity index (χ0) is 25.7. The van der Waals surface area contributed by atoms with Crippen molar-refractivity contribution in [1.82, 2.24) is 10.6 Å². The van der Waals surface area contributed by atoms with Gasteiger partial charge in [-0.1, -0.05) is 52.0 Å². The first-order valence-electron chi connectivity index (χ1n) is 11.7. The van der Waals surface area contributed by atoms with Crippen LogP contribution in [0.15, 0.2) is 24.3 Å². The molecule has 3 amide bonds. The van der Waals surface area contributed by atoms with Crippen molar-refractivity contribution >= 4 is 25.3 Å². The molecule has 6 N–H and O–H groups in total. The zero-order valence-electron chi connectivity index (χ0n) is 20.4. The van der Waals surface area contributed by atoms with Gasteiger partial charge in [0.2, 0.25) is 17.7 Å². The molecular formula is C24H38N3O6P. The molecule has 10 heteroatoms. The van der Waals surface area contributed by atoms with Gasteiger partial charge in [0.25, 0.3) is 0 Å². The van der Waals surface area contributed by atoms with Crippen LogP contribution in [0.25, 0.3) is 0 Å². The van der Waals surface area contributed by atoms with E-state index in [9.17, 15) is 18.9 Å². The largest absolute Gasteiger partial charge is 0.370 e. The number of nitrogens with two attached hydrogens (primary N) is 1. The lowest BCUT2D eigenvalue weighted by atomic mass is 9.90. The van der Waals surface area contributed by atoms with Crippen LogP contribution in [0.3, 0.4) is 0 Å². The minimum absolute atomic E-state index is 0.0485. The van der Waals surface area contributed by atoms with Crippen molar-refractivity contribution < 1.29 is 28.7 Å². The molecule has 1 saturated carbocycles. The highest BCUT2D eigenvalue weighted by molar-refractivity contribution is 7.50. The first-order chi connectivity index (χ1) is 15.7. The highest BCUT2D eigenvalue weighted by Gasteiger charge is 2.63. The minimum Gasteiger partial charge on any atom is -0.370 e. The summed E-state index contributed by atoms with van der Waals surface area (Å²) in [6.45, 7) is 8.56. The Kier molecular flexibility index (Phi) is 9.45. The predicted octanol–water partition coefficient (Wildman–Crippen LogP) is 2.09. The highest BCUT2D eigenvalue weighted by atomic mass is 31.2. The van der Waals surface area contributed by atoms with E-state index >= 15 is 0 Å². The SMILES string of the molecule is CC(C)CNC(=O)C1(CC(N)=O)CC1C(CC(C)C)NC(=O)Cc1ccc(CP(=O)(O)O)cc1. The molecule has 0 aromatic heterocycles. The molecule has 9 nitrogen and oxygen atoms in total. The van der Waals surface area contributed by atoms with Gasteiger partial charge in [0.1, 0.15) is 0 Å². The van der Waals surface area contributed by atoms with Crippen molar-refractivity contribution in [3.8, 4) is 0 Å². The van der Waals surface area contributed by atoms with Gasteiger partial charge in [-0.3, -0.25) is 18.9 Å². The number of carbonyl (C=O) groups excluding carboxylic acids is 3. The van der Waals surface area contributed by atoms with Crippen molar-refractivity contribution in [2.75, 3.05) is 6.54 Å². The quantitative estimate of drug-likeness (QED) is 0.264. The third-order valence-corrected chi connectivity index (χ3v) is 6.86. The molecule has 0 bridgehead atoms. The summed E-state index contributed by atoms with van der Waals surface area (Å²) in [5.74, 6) is -0.574. The second-order valence-corrected chi connectivity index (χ2v) is 12.0. The first-order valence-corrected chi connectivity index (χ1v) is 13.5. The smallest absolute Gasteiger partial charge is 0.329 e. The van der Waals surface area contributed by atoms with Crippen LogP contribution in [0.5, 0.6) is 0 Å². The van der Waals surface area contributed by atoms with Crippen LogP contribution in [0.1, 0.15) is 58.1 Å². The Morgan fingerprint density at radius 3 is 2.18 bits per heavy atom. The van der Waals surface area contributed by atoms with Crippen molar-refractivity contribution in [1.29, 1.82) is 0 Å². The number of rotatable bonds is 13. The van der Waals surface area contributed by atoms with Crippen LogP contribution in [0, 0.1) is 23.2 Å². The molecule has 0 saturated heterocycles. The van der Waals surface area contributed by atoms with E-state index in [2.05, 4.69) is 10.6 Å². The fourth-order valence-electron chi connectivity index (χ4n) is 4.46. The van der Waals surface area contributed by atoms with Gasteiger partial charge in [-0.2, -0.15) is 0 Å². The Hall–Kier alpha value is -2.22. The topological polar surface area (TPSA) is 159 Å². The maximum atomic E-state index is 13.0. The predicted molar refractivity (Wildman–Crippen MR) is 129 cm³/mol. The van der Waals surface area contributed by atoms with E-state index < -0.39 is 18.9 Å². The third kappa shape index (κ3) is 8.53. The molecule has 3 unspecified atom stereocenters. The Labute approximate surface area is 201 Å². The molecule has 34 heavy (non-hydrogen) atoms. The standard InChI is InChI=1S/C24H38N3O6P/c1-15(2)9-20(19-11-24(19,12-21(25)28)23(30)26-13-16(3)4)27-22(29)10-17-5-7-18(8-6-17)14-34(31,32)33/h5-8,15-16,19-20H,9-14H2,1-4H3,(H2,25,28)(H,26,30)(H,27,29)(H2,31,32,33). The van der Waals surface area contributed by atoms with Crippen molar-refractivity contribution in [2.24, 2.45) is 28.9 Å². The van der Waals surface area contributed by atoms with Crippen LogP contribution in [0.4, 0.5) is 0 Å².